The van der Waals surface area contributed by atoms with Crippen molar-refractivity contribution in [2.24, 2.45) is 11.3 Å². The van der Waals surface area contributed by atoms with Crippen molar-refractivity contribution in [1.82, 2.24) is 10.2 Å². The molecule has 1 aliphatic rings. The van der Waals surface area contributed by atoms with Crippen molar-refractivity contribution in [3.8, 4) is 0 Å². The van der Waals surface area contributed by atoms with E-state index in [1.54, 1.807) is 0 Å². The van der Waals surface area contributed by atoms with Gasteiger partial charge in [-0.3, -0.25) is 0 Å². The first-order valence-electron chi connectivity index (χ1n) is 7.28. The Morgan fingerprint density at radius 3 is 2.67 bits per heavy atom. The first kappa shape index (κ1) is 16.3. The minimum absolute atomic E-state index is 0.461. The highest BCUT2D eigenvalue weighted by molar-refractivity contribution is 7.98. The second kappa shape index (κ2) is 7.16. The van der Waals surface area contributed by atoms with Crippen LogP contribution in [0.4, 0.5) is 0 Å². The smallest absolute Gasteiger partial charge is 0.0156 e. The molecule has 0 aromatic rings. The van der Waals surface area contributed by atoms with Gasteiger partial charge in [0, 0.05) is 18.6 Å². The van der Waals surface area contributed by atoms with Crippen molar-refractivity contribution in [2.75, 3.05) is 32.6 Å². The van der Waals surface area contributed by atoms with Crippen LogP contribution in [0, 0.1) is 11.3 Å². The van der Waals surface area contributed by atoms with Gasteiger partial charge < -0.3 is 10.2 Å². The second-order valence-corrected chi connectivity index (χ2v) is 7.61. The molecule has 0 radical (unpaired) electrons. The minimum atomic E-state index is 0.461. The van der Waals surface area contributed by atoms with Crippen molar-refractivity contribution >= 4 is 11.8 Å². The molecule has 0 amide bonds. The lowest BCUT2D eigenvalue weighted by molar-refractivity contribution is 0.179. The highest BCUT2D eigenvalue weighted by atomic mass is 32.2. The summed E-state index contributed by atoms with van der Waals surface area (Å²) in [6.45, 7) is 8.42. The molecule has 0 heterocycles. The largest absolute Gasteiger partial charge is 0.316 e. The Balaban J connectivity index is 2.46. The number of nitrogens with one attached hydrogen (secondary N) is 1. The van der Waals surface area contributed by atoms with Crippen LogP contribution >= 0.6 is 11.8 Å². The summed E-state index contributed by atoms with van der Waals surface area (Å²) < 4.78 is 0. The highest BCUT2D eigenvalue weighted by Gasteiger charge is 2.41. The summed E-state index contributed by atoms with van der Waals surface area (Å²) in [6, 6.07) is 1.38. The summed E-state index contributed by atoms with van der Waals surface area (Å²) in [5.74, 6) is 2.09. The summed E-state index contributed by atoms with van der Waals surface area (Å²) >= 11 is 1.96. The Morgan fingerprint density at radius 1 is 1.44 bits per heavy atom. The van der Waals surface area contributed by atoms with Gasteiger partial charge in [-0.05, 0) is 63.6 Å². The summed E-state index contributed by atoms with van der Waals surface area (Å²) in [6.07, 6.45) is 6.23. The van der Waals surface area contributed by atoms with Crippen LogP contribution in [-0.4, -0.2) is 49.6 Å². The lowest BCUT2D eigenvalue weighted by Crippen LogP contribution is -2.45. The second-order valence-electron chi connectivity index (χ2n) is 6.62. The van der Waals surface area contributed by atoms with E-state index in [-0.39, 0.29) is 0 Å². The topological polar surface area (TPSA) is 15.3 Å². The van der Waals surface area contributed by atoms with E-state index in [1.165, 1.54) is 31.6 Å². The van der Waals surface area contributed by atoms with Crippen LogP contribution in [0.15, 0.2) is 0 Å². The van der Waals surface area contributed by atoms with Gasteiger partial charge in [0.15, 0.2) is 0 Å². The molecule has 0 spiro atoms. The van der Waals surface area contributed by atoms with Gasteiger partial charge in [0.05, 0.1) is 0 Å². The van der Waals surface area contributed by atoms with E-state index >= 15 is 0 Å². The van der Waals surface area contributed by atoms with Crippen LogP contribution in [0.2, 0.25) is 0 Å². The minimum Gasteiger partial charge on any atom is -0.316 e. The molecule has 0 aromatic heterocycles. The average Bonchev–Trinajstić information content (AvgIpc) is 2.60. The fourth-order valence-electron chi connectivity index (χ4n) is 3.40. The van der Waals surface area contributed by atoms with Crippen LogP contribution in [0.5, 0.6) is 0 Å². The molecular formula is C15H32N2S. The predicted molar refractivity (Wildman–Crippen MR) is 84.4 cm³/mol. The first-order valence-corrected chi connectivity index (χ1v) is 8.68. The maximum absolute atomic E-state index is 3.56. The molecule has 3 unspecified atom stereocenters. The molecule has 1 rings (SSSR count). The van der Waals surface area contributed by atoms with Crippen molar-refractivity contribution in [3.63, 3.8) is 0 Å². The zero-order chi connectivity index (χ0) is 13.8. The maximum atomic E-state index is 3.56. The van der Waals surface area contributed by atoms with E-state index in [0.717, 1.165) is 5.92 Å². The standard InChI is InChI=1S/C15H32N2S/c1-12(8-10-18-6)17(5)11-13-7-9-15(2,3)14(13)16-4/h12-14,16H,7-11H2,1-6H3. The van der Waals surface area contributed by atoms with Crippen molar-refractivity contribution in [1.29, 1.82) is 0 Å². The third-order valence-electron chi connectivity index (χ3n) is 4.80. The molecule has 1 aliphatic carbocycles. The van der Waals surface area contributed by atoms with Gasteiger partial charge in [0.25, 0.3) is 0 Å². The average molecular weight is 273 g/mol. The van der Waals surface area contributed by atoms with Crippen molar-refractivity contribution in [3.05, 3.63) is 0 Å². The lowest BCUT2D eigenvalue weighted by atomic mass is 9.85. The van der Waals surface area contributed by atoms with E-state index in [2.05, 4.69) is 51.3 Å². The molecule has 3 atom stereocenters. The van der Waals surface area contributed by atoms with E-state index < -0.39 is 0 Å². The Bertz CT molecular complexity index is 243. The molecule has 2 nitrogen and oxygen atoms in total. The van der Waals surface area contributed by atoms with Gasteiger partial charge in [0.1, 0.15) is 0 Å². The lowest BCUT2D eigenvalue weighted by Gasteiger charge is -2.34. The van der Waals surface area contributed by atoms with E-state index in [0.29, 0.717) is 17.5 Å². The molecule has 0 aliphatic heterocycles. The van der Waals surface area contributed by atoms with Crippen molar-refractivity contribution in [2.45, 2.75) is 52.1 Å². The fourth-order valence-corrected chi connectivity index (χ4v) is 3.98. The Morgan fingerprint density at radius 2 is 2.11 bits per heavy atom. The Kier molecular flexibility index (Phi) is 6.49. The van der Waals surface area contributed by atoms with Gasteiger partial charge in [0.2, 0.25) is 0 Å². The zero-order valence-corrected chi connectivity index (χ0v) is 13.9. The molecule has 18 heavy (non-hydrogen) atoms. The third-order valence-corrected chi connectivity index (χ3v) is 5.44. The summed E-state index contributed by atoms with van der Waals surface area (Å²) in [7, 11) is 4.42. The van der Waals surface area contributed by atoms with Gasteiger partial charge in [-0.2, -0.15) is 11.8 Å². The van der Waals surface area contributed by atoms with E-state index in [4.69, 9.17) is 0 Å². The van der Waals surface area contributed by atoms with E-state index in [1.807, 2.05) is 11.8 Å². The summed E-state index contributed by atoms with van der Waals surface area (Å²) in [4.78, 5) is 2.56. The first-order chi connectivity index (χ1) is 8.42. The van der Waals surface area contributed by atoms with Crippen LogP contribution in [0.1, 0.15) is 40.0 Å². The summed E-state index contributed by atoms with van der Waals surface area (Å²) in [5, 5.41) is 3.56. The number of nitrogens with zero attached hydrogens (tertiary/aromatic N) is 1. The Labute approximate surface area is 118 Å². The Hall–Kier alpha value is 0.270. The highest BCUT2D eigenvalue weighted by Crippen LogP contribution is 2.41. The zero-order valence-electron chi connectivity index (χ0n) is 13.1. The quantitative estimate of drug-likeness (QED) is 0.767. The van der Waals surface area contributed by atoms with Gasteiger partial charge >= 0.3 is 0 Å². The van der Waals surface area contributed by atoms with Gasteiger partial charge in [-0.15, -0.1) is 0 Å². The molecule has 1 fully saturated rings. The molecule has 108 valence electrons. The number of hydrogen-bond donors (Lipinski definition) is 1. The number of rotatable bonds is 7. The summed E-state index contributed by atoms with van der Waals surface area (Å²) in [5.41, 5.74) is 0.461. The number of thioether (sulfide) groups is 1. The predicted octanol–water partition coefficient (Wildman–Crippen LogP) is 3.08. The molecule has 1 saturated carbocycles. The van der Waals surface area contributed by atoms with Crippen molar-refractivity contribution < 1.29 is 0 Å². The van der Waals surface area contributed by atoms with Crippen LogP contribution in [-0.2, 0) is 0 Å². The molecule has 0 aromatic carbocycles. The molecule has 0 bridgehead atoms. The van der Waals surface area contributed by atoms with E-state index in [9.17, 15) is 0 Å². The van der Waals surface area contributed by atoms with Gasteiger partial charge in [-0.1, -0.05) is 13.8 Å². The van der Waals surface area contributed by atoms with Crippen LogP contribution < -0.4 is 5.32 Å². The maximum Gasteiger partial charge on any atom is 0.0156 e. The molecule has 0 saturated heterocycles. The van der Waals surface area contributed by atoms with Crippen LogP contribution in [0.25, 0.3) is 0 Å². The molecule has 1 N–H and O–H groups in total. The van der Waals surface area contributed by atoms with Gasteiger partial charge in [-0.25, -0.2) is 0 Å². The fraction of sp³-hybridized carbons (Fsp3) is 1.00. The monoisotopic (exact) mass is 272 g/mol. The number of hydrogen-bond acceptors (Lipinski definition) is 3. The normalized spacial score (nSPS) is 28.8. The molecular weight excluding hydrogens is 240 g/mol. The molecule has 3 heteroatoms. The third kappa shape index (κ3) is 4.14. The van der Waals surface area contributed by atoms with Crippen LogP contribution in [0.3, 0.4) is 0 Å². The SMILES string of the molecule is CNC1C(CN(C)C(C)CCSC)CCC1(C)C.